The molecule has 1 atom stereocenters. The molecular formula is C17H18ClN3O2. The number of amides is 2. The second-order valence-corrected chi connectivity index (χ2v) is 5.97. The smallest absolute Gasteiger partial charge is 0.247 e. The van der Waals surface area contributed by atoms with Gasteiger partial charge in [0, 0.05) is 16.9 Å². The van der Waals surface area contributed by atoms with Gasteiger partial charge < -0.3 is 11.1 Å². The maximum atomic E-state index is 12.3. The highest BCUT2D eigenvalue weighted by Crippen LogP contribution is 2.23. The molecule has 0 bridgehead atoms. The summed E-state index contributed by atoms with van der Waals surface area (Å²) in [4.78, 5) is 28.4. The van der Waals surface area contributed by atoms with Crippen LogP contribution in [0.2, 0.25) is 5.02 Å². The van der Waals surface area contributed by atoms with E-state index in [1.165, 1.54) is 0 Å². The lowest BCUT2D eigenvalue weighted by Crippen LogP contribution is -2.53. The topological polar surface area (TPSA) is 85.1 Å². The van der Waals surface area contributed by atoms with E-state index in [0.717, 1.165) is 11.3 Å². The SMILES string of the molecule is Cc1ccc(CC(=O)N[C@](C)(C(N)=O)c2cccc(Cl)c2)cn1. The summed E-state index contributed by atoms with van der Waals surface area (Å²) in [5, 5.41) is 3.16. The van der Waals surface area contributed by atoms with Crippen molar-refractivity contribution in [3.05, 3.63) is 64.4 Å². The van der Waals surface area contributed by atoms with Crippen molar-refractivity contribution < 1.29 is 9.59 Å². The second kappa shape index (κ2) is 6.79. The van der Waals surface area contributed by atoms with Crippen LogP contribution in [0.1, 0.15) is 23.7 Å². The summed E-state index contributed by atoms with van der Waals surface area (Å²) < 4.78 is 0. The minimum Gasteiger partial charge on any atom is -0.367 e. The Morgan fingerprint density at radius 3 is 2.61 bits per heavy atom. The lowest BCUT2D eigenvalue weighted by molar-refractivity contribution is -0.131. The Morgan fingerprint density at radius 2 is 2.04 bits per heavy atom. The summed E-state index contributed by atoms with van der Waals surface area (Å²) in [5.41, 5.74) is 6.33. The van der Waals surface area contributed by atoms with E-state index in [1.54, 1.807) is 37.4 Å². The number of aromatic nitrogens is 1. The van der Waals surface area contributed by atoms with Crippen LogP contribution in [0.25, 0.3) is 0 Å². The van der Waals surface area contributed by atoms with Gasteiger partial charge in [0.2, 0.25) is 11.8 Å². The molecule has 1 aromatic carbocycles. The first-order valence-electron chi connectivity index (χ1n) is 7.10. The third kappa shape index (κ3) is 4.07. The standard InChI is InChI=1S/C17H18ClN3O2/c1-11-6-7-12(10-20-11)8-15(22)21-17(2,16(19)23)13-4-3-5-14(18)9-13/h3-7,9-10H,8H2,1-2H3,(H2,19,23)(H,21,22)/t17-/m0/s1. The number of primary amides is 1. The van der Waals surface area contributed by atoms with E-state index in [0.29, 0.717) is 10.6 Å². The number of nitrogens with one attached hydrogen (secondary N) is 1. The third-order valence-corrected chi connectivity index (χ3v) is 3.86. The molecule has 120 valence electrons. The first-order chi connectivity index (χ1) is 10.8. The van der Waals surface area contributed by atoms with Crippen molar-refractivity contribution in [2.75, 3.05) is 0 Å². The van der Waals surface area contributed by atoms with Crippen LogP contribution >= 0.6 is 11.6 Å². The number of hydrogen-bond donors (Lipinski definition) is 2. The van der Waals surface area contributed by atoms with E-state index >= 15 is 0 Å². The Morgan fingerprint density at radius 1 is 1.30 bits per heavy atom. The predicted molar refractivity (Wildman–Crippen MR) is 88.8 cm³/mol. The first kappa shape index (κ1) is 17.0. The van der Waals surface area contributed by atoms with Gasteiger partial charge in [0.25, 0.3) is 0 Å². The van der Waals surface area contributed by atoms with Crippen molar-refractivity contribution in [2.24, 2.45) is 5.73 Å². The molecule has 0 aliphatic heterocycles. The first-order valence-corrected chi connectivity index (χ1v) is 7.47. The number of aryl methyl sites for hydroxylation is 1. The number of pyridine rings is 1. The van der Waals surface area contributed by atoms with Crippen molar-refractivity contribution >= 4 is 23.4 Å². The van der Waals surface area contributed by atoms with E-state index in [-0.39, 0.29) is 12.3 Å². The van der Waals surface area contributed by atoms with Crippen LogP contribution in [0.5, 0.6) is 0 Å². The second-order valence-electron chi connectivity index (χ2n) is 5.53. The number of benzene rings is 1. The minimum atomic E-state index is -1.33. The van der Waals surface area contributed by atoms with Crippen molar-refractivity contribution in [3.8, 4) is 0 Å². The van der Waals surface area contributed by atoms with Gasteiger partial charge in [0.1, 0.15) is 5.54 Å². The van der Waals surface area contributed by atoms with Gasteiger partial charge in [-0.3, -0.25) is 14.6 Å². The fraction of sp³-hybridized carbons (Fsp3) is 0.235. The van der Waals surface area contributed by atoms with Crippen molar-refractivity contribution in [1.82, 2.24) is 10.3 Å². The highest BCUT2D eigenvalue weighted by molar-refractivity contribution is 6.30. The van der Waals surface area contributed by atoms with Crippen LogP contribution in [0.4, 0.5) is 0 Å². The Bertz CT molecular complexity index is 731. The molecule has 2 aromatic rings. The average Bonchev–Trinajstić information content (AvgIpc) is 2.49. The maximum absolute atomic E-state index is 12.3. The van der Waals surface area contributed by atoms with E-state index in [4.69, 9.17) is 17.3 Å². The third-order valence-electron chi connectivity index (χ3n) is 3.62. The van der Waals surface area contributed by atoms with Gasteiger partial charge in [0.15, 0.2) is 0 Å². The summed E-state index contributed by atoms with van der Waals surface area (Å²) >= 11 is 5.96. The van der Waals surface area contributed by atoms with Crippen molar-refractivity contribution in [2.45, 2.75) is 25.8 Å². The Balaban J connectivity index is 2.20. The number of carbonyl (C=O) groups excluding carboxylic acids is 2. The molecule has 0 fully saturated rings. The molecule has 2 amide bonds. The summed E-state index contributed by atoms with van der Waals surface area (Å²) in [5.74, 6) is -0.980. The normalized spacial score (nSPS) is 13.2. The Hall–Kier alpha value is -2.40. The van der Waals surface area contributed by atoms with Crippen LogP contribution in [0, 0.1) is 6.92 Å². The van der Waals surface area contributed by atoms with Gasteiger partial charge in [-0.25, -0.2) is 0 Å². The molecule has 0 saturated heterocycles. The van der Waals surface area contributed by atoms with Gasteiger partial charge in [-0.2, -0.15) is 0 Å². The van der Waals surface area contributed by atoms with E-state index < -0.39 is 11.4 Å². The van der Waals surface area contributed by atoms with E-state index in [1.807, 2.05) is 19.1 Å². The van der Waals surface area contributed by atoms with Crippen LogP contribution in [0.3, 0.4) is 0 Å². The molecule has 0 spiro atoms. The predicted octanol–water partition coefficient (Wildman–Crippen LogP) is 2.10. The van der Waals surface area contributed by atoms with E-state index in [9.17, 15) is 9.59 Å². The highest BCUT2D eigenvalue weighted by Gasteiger charge is 2.35. The molecular weight excluding hydrogens is 314 g/mol. The van der Waals surface area contributed by atoms with Crippen LogP contribution in [0.15, 0.2) is 42.6 Å². The molecule has 0 radical (unpaired) electrons. The molecule has 1 aromatic heterocycles. The fourth-order valence-corrected chi connectivity index (χ4v) is 2.38. The number of rotatable bonds is 5. The molecule has 0 aliphatic carbocycles. The van der Waals surface area contributed by atoms with Gasteiger partial charge in [0.05, 0.1) is 6.42 Å². The molecule has 1 heterocycles. The molecule has 5 nitrogen and oxygen atoms in total. The zero-order chi connectivity index (χ0) is 17.0. The minimum absolute atomic E-state index is 0.108. The van der Waals surface area contributed by atoms with Crippen LogP contribution in [-0.2, 0) is 21.5 Å². The van der Waals surface area contributed by atoms with Crippen molar-refractivity contribution in [3.63, 3.8) is 0 Å². The van der Waals surface area contributed by atoms with Gasteiger partial charge >= 0.3 is 0 Å². The molecule has 2 rings (SSSR count). The molecule has 6 heteroatoms. The van der Waals surface area contributed by atoms with Crippen LogP contribution < -0.4 is 11.1 Å². The summed E-state index contributed by atoms with van der Waals surface area (Å²) in [7, 11) is 0. The molecule has 0 saturated carbocycles. The van der Waals surface area contributed by atoms with Crippen LogP contribution in [-0.4, -0.2) is 16.8 Å². The monoisotopic (exact) mass is 331 g/mol. The van der Waals surface area contributed by atoms with Gasteiger partial charge in [-0.1, -0.05) is 29.8 Å². The quantitative estimate of drug-likeness (QED) is 0.879. The number of nitrogens with two attached hydrogens (primary N) is 1. The summed E-state index contributed by atoms with van der Waals surface area (Å²) in [6, 6.07) is 10.3. The van der Waals surface area contributed by atoms with E-state index in [2.05, 4.69) is 10.3 Å². The summed E-state index contributed by atoms with van der Waals surface area (Å²) in [6.07, 6.45) is 1.74. The Labute approximate surface area is 139 Å². The maximum Gasteiger partial charge on any atom is 0.247 e. The van der Waals surface area contributed by atoms with Gasteiger partial charge in [-0.15, -0.1) is 0 Å². The number of nitrogens with zero attached hydrogens (tertiary/aromatic N) is 1. The Kier molecular flexibility index (Phi) is 5.01. The zero-order valence-electron chi connectivity index (χ0n) is 13.0. The molecule has 23 heavy (non-hydrogen) atoms. The fourth-order valence-electron chi connectivity index (χ4n) is 2.19. The zero-order valence-corrected chi connectivity index (χ0v) is 13.7. The number of halogens is 1. The van der Waals surface area contributed by atoms with Gasteiger partial charge in [-0.05, 0) is 43.2 Å². The molecule has 0 aliphatic rings. The number of hydrogen-bond acceptors (Lipinski definition) is 3. The highest BCUT2D eigenvalue weighted by atomic mass is 35.5. The lowest BCUT2D eigenvalue weighted by atomic mass is 9.91. The summed E-state index contributed by atoms with van der Waals surface area (Å²) in [6.45, 7) is 3.43. The average molecular weight is 332 g/mol. The number of carbonyl (C=O) groups is 2. The lowest BCUT2D eigenvalue weighted by Gasteiger charge is -2.28. The largest absolute Gasteiger partial charge is 0.367 e. The molecule has 3 N–H and O–H groups in total. The van der Waals surface area contributed by atoms with Crippen molar-refractivity contribution in [1.29, 1.82) is 0 Å². The molecule has 0 unspecified atom stereocenters.